The molecule has 0 bridgehead atoms. The molecule has 0 aliphatic carbocycles. The molecule has 2 atom stereocenters. The van der Waals surface area contributed by atoms with Crippen LogP contribution in [0.3, 0.4) is 0 Å². The maximum Gasteiger partial charge on any atom is 0.374 e. The first-order chi connectivity index (χ1) is 9.36. The highest BCUT2D eigenvalue weighted by Crippen LogP contribution is 2.54. The zero-order valence-electron chi connectivity index (χ0n) is 12.0. The summed E-state index contributed by atoms with van der Waals surface area (Å²) in [4.78, 5) is 11.7. The summed E-state index contributed by atoms with van der Waals surface area (Å²) in [5.74, 6) is 0.0352. The van der Waals surface area contributed by atoms with Crippen molar-refractivity contribution < 1.29 is 18.6 Å². The van der Waals surface area contributed by atoms with Gasteiger partial charge in [-0.25, -0.2) is 9.65 Å². The van der Waals surface area contributed by atoms with Crippen molar-refractivity contribution in [1.29, 1.82) is 0 Å². The number of carbonyl (C=O) groups is 1. The molecule has 0 amide bonds. The van der Waals surface area contributed by atoms with E-state index in [2.05, 4.69) is 5.09 Å². The molecule has 0 aliphatic rings. The van der Waals surface area contributed by atoms with E-state index in [1.807, 2.05) is 6.07 Å². The average Bonchev–Trinajstić information content (AvgIpc) is 2.39. The number of carbonyl (C=O) groups excluding carboxylic acids is 1. The summed E-state index contributed by atoms with van der Waals surface area (Å²) in [6, 6.07) is 8.13. The summed E-state index contributed by atoms with van der Waals surface area (Å²) in [7, 11) is 0. The highest BCUT2D eigenvalue weighted by atomic mass is 32.7. The minimum absolute atomic E-state index is 0.213. The molecule has 1 N–H and O–H groups in total. The molecule has 112 valence electrons. The van der Waals surface area contributed by atoms with Crippen molar-refractivity contribution >= 4 is 24.1 Å². The first kappa shape index (κ1) is 17.1. The van der Waals surface area contributed by atoms with Gasteiger partial charge in [0, 0.05) is 0 Å². The molecule has 0 fully saturated rings. The van der Waals surface area contributed by atoms with E-state index in [1.165, 1.54) is 0 Å². The van der Waals surface area contributed by atoms with Crippen LogP contribution in [-0.2, 0) is 14.1 Å². The van der Waals surface area contributed by atoms with Crippen molar-refractivity contribution in [2.75, 3.05) is 6.26 Å². The lowest BCUT2D eigenvalue weighted by Crippen LogP contribution is -2.35. The number of nitrogens with one attached hydrogen (secondary N) is 1. The second kappa shape index (κ2) is 7.72. The molecular formula is C13H20NO4PS. The summed E-state index contributed by atoms with van der Waals surface area (Å²) in [5.41, 5.74) is 0. The van der Waals surface area contributed by atoms with Crippen molar-refractivity contribution in [3.05, 3.63) is 30.3 Å². The van der Waals surface area contributed by atoms with E-state index in [0.29, 0.717) is 5.75 Å². The lowest BCUT2D eigenvalue weighted by molar-refractivity contribution is -0.148. The summed E-state index contributed by atoms with van der Waals surface area (Å²) >= 11 is 1.05. The summed E-state index contributed by atoms with van der Waals surface area (Å²) in [6.07, 6.45) is 1.45. The third kappa shape index (κ3) is 5.57. The van der Waals surface area contributed by atoms with Gasteiger partial charge >= 0.3 is 12.7 Å². The van der Waals surface area contributed by atoms with Gasteiger partial charge in [0.15, 0.2) is 0 Å². The highest BCUT2D eigenvalue weighted by Gasteiger charge is 2.29. The van der Waals surface area contributed by atoms with E-state index in [9.17, 15) is 9.36 Å². The fourth-order valence-electron chi connectivity index (χ4n) is 1.36. The number of hydrogen-bond acceptors (Lipinski definition) is 5. The fraction of sp³-hybridized carbons (Fsp3) is 0.462. The van der Waals surface area contributed by atoms with Crippen LogP contribution in [0.25, 0.3) is 0 Å². The molecule has 1 unspecified atom stereocenters. The quantitative estimate of drug-likeness (QED) is 0.613. The monoisotopic (exact) mass is 317 g/mol. The van der Waals surface area contributed by atoms with Gasteiger partial charge in [0.05, 0.1) is 6.10 Å². The lowest BCUT2D eigenvalue weighted by Gasteiger charge is -2.22. The number of hydrogen-bond donors (Lipinski definition) is 1. The zero-order chi connectivity index (χ0) is 15.2. The van der Waals surface area contributed by atoms with E-state index in [4.69, 9.17) is 9.26 Å². The molecule has 0 aliphatic heterocycles. The normalized spacial score (nSPS) is 15.4. The van der Waals surface area contributed by atoms with Crippen molar-refractivity contribution in [3.63, 3.8) is 0 Å². The molecule has 0 saturated heterocycles. The minimum atomic E-state index is -3.21. The van der Waals surface area contributed by atoms with Gasteiger partial charge in [-0.2, -0.15) is 0 Å². The Balaban J connectivity index is 2.70. The van der Waals surface area contributed by atoms with Gasteiger partial charge in [-0.15, -0.1) is 0 Å². The van der Waals surface area contributed by atoms with Gasteiger partial charge in [-0.05, 0) is 50.5 Å². The molecule has 0 aromatic heterocycles. The number of para-hydroxylation sites is 1. The summed E-state index contributed by atoms with van der Waals surface area (Å²) in [6.45, 7) is 1.92. The Morgan fingerprint density at radius 3 is 2.35 bits per heavy atom. The van der Waals surface area contributed by atoms with E-state index in [1.54, 1.807) is 51.3 Å². The number of esters is 1. The van der Waals surface area contributed by atoms with Crippen molar-refractivity contribution in [2.45, 2.75) is 32.9 Å². The third-order valence-corrected chi connectivity index (χ3v) is 5.88. The predicted octanol–water partition coefficient (Wildman–Crippen LogP) is 3.47. The molecular weight excluding hydrogens is 297 g/mol. The Bertz CT molecular complexity index is 481. The molecule has 1 rings (SSSR count). The van der Waals surface area contributed by atoms with Crippen molar-refractivity contribution in [3.8, 4) is 5.75 Å². The number of rotatable bonds is 7. The number of ether oxygens (including phenoxy) is 1. The largest absolute Gasteiger partial charge is 0.462 e. The van der Waals surface area contributed by atoms with Crippen LogP contribution in [0.2, 0.25) is 0 Å². The molecule has 0 heterocycles. The van der Waals surface area contributed by atoms with Gasteiger partial charge in [0.25, 0.3) is 0 Å². The Morgan fingerprint density at radius 2 is 1.85 bits per heavy atom. The van der Waals surface area contributed by atoms with Crippen LogP contribution < -0.4 is 9.61 Å². The number of benzene rings is 1. The first-order valence-electron chi connectivity index (χ1n) is 6.25. The molecule has 0 spiro atoms. The maximum absolute atomic E-state index is 12.6. The van der Waals surface area contributed by atoms with Crippen LogP contribution in [0.15, 0.2) is 30.3 Å². The Morgan fingerprint density at radius 1 is 1.25 bits per heavy atom. The maximum atomic E-state index is 12.6. The first-order valence-corrected chi connectivity index (χ1v) is 9.70. The molecule has 0 saturated carbocycles. The smallest absolute Gasteiger partial charge is 0.374 e. The Hall–Kier alpha value is -0.970. The topological polar surface area (TPSA) is 64.6 Å². The zero-order valence-corrected chi connectivity index (χ0v) is 13.7. The SMILES string of the molecule is CSP(=O)(N[C@H](C)C(=O)OC(C)C)Oc1ccccc1. The molecule has 1 aromatic carbocycles. The molecule has 5 nitrogen and oxygen atoms in total. The fourth-order valence-corrected chi connectivity index (χ4v) is 3.84. The lowest BCUT2D eigenvalue weighted by atomic mass is 10.3. The summed E-state index contributed by atoms with van der Waals surface area (Å²) < 4.78 is 23.1. The predicted molar refractivity (Wildman–Crippen MR) is 82.0 cm³/mol. The standard InChI is InChI=1S/C13H20NO4PS/c1-10(2)17-13(15)11(3)14-19(16,20-4)18-12-8-6-5-7-9-12/h5-11H,1-4H3,(H,14,16)/t11-,19?/m1/s1. The minimum Gasteiger partial charge on any atom is -0.462 e. The Kier molecular flexibility index (Phi) is 6.59. The molecule has 20 heavy (non-hydrogen) atoms. The molecule has 1 aromatic rings. The van der Waals surface area contributed by atoms with Crippen LogP contribution >= 0.6 is 18.1 Å². The van der Waals surface area contributed by atoms with E-state index < -0.39 is 18.7 Å². The highest BCUT2D eigenvalue weighted by molar-refractivity contribution is 8.55. The van der Waals surface area contributed by atoms with Gasteiger partial charge in [-0.1, -0.05) is 18.2 Å². The van der Waals surface area contributed by atoms with Crippen LogP contribution in [-0.4, -0.2) is 24.4 Å². The molecule has 0 radical (unpaired) electrons. The van der Waals surface area contributed by atoms with E-state index in [-0.39, 0.29) is 6.10 Å². The van der Waals surface area contributed by atoms with Crippen molar-refractivity contribution in [2.24, 2.45) is 0 Å². The second-order valence-corrected chi connectivity index (χ2v) is 8.76. The van der Waals surface area contributed by atoms with Gasteiger partial charge in [0.2, 0.25) is 0 Å². The second-order valence-electron chi connectivity index (χ2n) is 4.42. The van der Waals surface area contributed by atoms with Crippen LogP contribution in [0.5, 0.6) is 5.75 Å². The molecule has 7 heteroatoms. The van der Waals surface area contributed by atoms with Gasteiger partial charge in [0.1, 0.15) is 11.8 Å². The van der Waals surface area contributed by atoms with Crippen LogP contribution in [0.1, 0.15) is 20.8 Å². The van der Waals surface area contributed by atoms with Crippen LogP contribution in [0, 0.1) is 0 Å². The van der Waals surface area contributed by atoms with Crippen molar-refractivity contribution in [1.82, 2.24) is 5.09 Å². The average molecular weight is 317 g/mol. The Labute approximate surface area is 123 Å². The van der Waals surface area contributed by atoms with E-state index in [0.717, 1.165) is 11.4 Å². The van der Waals surface area contributed by atoms with E-state index >= 15 is 0 Å². The van der Waals surface area contributed by atoms with Gasteiger partial charge < -0.3 is 9.26 Å². The van der Waals surface area contributed by atoms with Crippen LogP contribution in [0.4, 0.5) is 0 Å². The summed E-state index contributed by atoms with van der Waals surface area (Å²) in [5, 5.41) is 2.72. The van der Waals surface area contributed by atoms with Gasteiger partial charge in [-0.3, -0.25) is 4.79 Å². The third-order valence-electron chi connectivity index (χ3n) is 2.27.